The third-order valence-electron chi connectivity index (χ3n) is 3.63. The molecule has 0 atom stereocenters. The highest BCUT2D eigenvalue weighted by Gasteiger charge is 2.41. The molecule has 94 valence electrons. The number of ether oxygens (including phenoxy) is 1. The van der Waals surface area contributed by atoms with E-state index in [1.807, 2.05) is 0 Å². The van der Waals surface area contributed by atoms with Crippen LogP contribution in [0.3, 0.4) is 0 Å². The number of phenolic OH excluding ortho intramolecular Hbond substituents is 1. The van der Waals surface area contributed by atoms with Gasteiger partial charge in [-0.3, -0.25) is 0 Å². The van der Waals surface area contributed by atoms with Crippen LogP contribution in [0.15, 0.2) is 6.07 Å². The first kappa shape index (κ1) is 12.5. The Bertz CT molecular complexity index is 441. The van der Waals surface area contributed by atoms with Crippen LogP contribution in [0.5, 0.6) is 11.5 Å². The molecule has 1 aliphatic carbocycles. The standard InChI is InChI=1S/C12H15ClFNO2/c1-17-11-7(12(6-15)3-2-4-12)5-8(13)10(16)9(11)14/h5,16H,2-4,6,15H2,1H3. The van der Waals surface area contributed by atoms with Crippen LogP contribution in [0.2, 0.25) is 5.02 Å². The SMILES string of the molecule is COc1c(C2(CN)CCC2)cc(Cl)c(O)c1F. The Hall–Kier alpha value is -1.00. The van der Waals surface area contributed by atoms with E-state index in [2.05, 4.69) is 0 Å². The fourth-order valence-corrected chi connectivity index (χ4v) is 2.56. The van der Waals surface area contributed by atoms with Crippen LogP contribution in [0.4, 0.5) is 4.39 Å². The summed E-state index contributed by atoms with van der Waals surface area (Å²) in [4.78, 5) is 0. The van der Waals surface area contributed by atoms with Crippen LogP contribution in [0.1, 0.15) is 24.8 Å². The maximum Gasteiger partial charge on any atom is 0.208 e. The fourth-order valence-electron chi connectivity index (χ4n) is 2.37. The first-order chi connectivity index (χ1) is 8.05. The van der Waals surface area contributed by atoms with Crippen LogP contribution < -0.4 is 10.5 Å². The number of nitrogens with two attached hydrogens (primary N) is 1. The van der Waals surface area contributed by atoms with Crippen molar-refractivity contribution in [3.63, 3.8) is 0 Å². The molecule has 3 nitrogen and oxygen atoms in total. The predicted octanol–water partition coefficient (Wildman–Crippen LogP) is 2.57. The summed E-state index contributed by atoms with van der Waals surface area (Å²) in [7, 11) is 1.37. The normalized spacial score (nSPS) is 17.6. The molecule has 0 radical (unpaired) electrons. The molecule has 1 saturated carbocycles. The van der Waals surface area contributed by atoms with Gasteiger partial charge in [0.1, 0.15) is 0 Å². The largest absolute Gasteiger partial charge is 0.504 e. The molecule has 0 bridgehead atoms. The molecule has 17 heavy (non-hydrogen) atoms. The Morgan fingerprint density at radius 1 is 1.59 bits per heavy atom. The van der Waals surface area contributed by atoms with Crippen LogP contribution in [-0.2, 0) is 5.41 Å². The van der Waals surface area contributed by atoms with Gasteiger partial charge in [0.25, 0.3) is 0 Å². The molecule has 3 N–H and O–H groups in total. The second-order valence-corrected chi connectivity index (χ2v) is 4.85. The summed E-state index contributed by atoms with van der Waals surface area (Å²) in [5.41, 5.74) is 6.18. The smallest absolute Gasteiger partial charge is 0.208 e. The number of hydrogen-bond donors (Lipinski definition) is 2. The summed E-state index contributed by atoms with van der Waals surface area (Å²) in [6, 6.07) is 1.56. The average molecular weight is 260 g/mol. The Kier molecular flexibility index (Phi) is 3.19. The molecule has 5 heteroatoms. The van der Waals surface area contributed by atoms with Crippen molar-refractivity contribution in [2.45, 2.75) is 24.7 Å². The zero-order valence-corrected chi connectivity index (χ0v) is 10.4. The zero-order valence-electron chi connectivity index (χ0n) is 9.59. The average Bonchev–Trinajstić information content (AvgIpc) is 2.26. The van der Waals surface area contributed by atoms with E-state index in [0.29, 0.717) is 12.1 Å². The van der Waals surface area contributed by atoms with Gasteiger partial charge in [-0.1, -0.05) is 18.0 Å². The van der Waals surface area contributed by atoms with Gasteiger partial charge in [-0.2, -0.15) is 4.39 Å². The minimum Gasteiger partial charge on any atom is -0.504 e. The van der Waals surface area contributed by atoms with E-state index in [4.69, 9.17) is 22.1 Å². The highest BCUT2D eigenvalue weighted by atomic mass is 35.5. The molecule has 1 aliphatic rings. The van der Waals surface area contributed by atoms with Crippen molar-refractivity contribution < 1.29 is 14.2 Å². The summed E-state index contributed by atoms with van der Waals surface area (Å²) in [5, 5.41) is 9.45. The minimum atomic E-state index is -0.810. The summed E-state index contributed by atoms with van der Waals surface area (Å²) in [5.74, 6) is -1.33. The van der Waals surface area contributed by atoms with Gasteiger partial charge < -0.3 is 15.6 Å². The lowest BCUT2D eigenvalue weighted by Crippen LogP contribution is -2.41. The van der Waals surface area contributed by atoms with E-state index in [1.165, 1.54) is 7.11 Å². The van der Waals surface area contributed by atoms with E-state index in [9.17, 15) is 9.50 Å². The van der Waals surface area contributed by atoms with Crippen molar-refractivity contribution >= 4 is 11.6 Å². The molecule has 0 spiro atoms. The number of phenols is 1. The van der Waals surface area contributed by atoms with Crippen LogP contribution in [0.25, 0.3) is 0 Å². The topological polar surface area (TPSA) is 55.5 Å². The molecular formula is C12H15ClFNO2. The van der Waals surface area contributed by atoms with Gasteiger partial charge in [-0.05, 0) is 18.9 Å². The van der Waals surface area contributed by atoms with Crippen molar-refractivity contribution in [2.75, 3.05) is 13.7 Å². The van der Waals surface area contributed by atoms with Gasteiger partial charge in [-0.25, -0.2) is 0 Å². The summed E-state index contributed by atoms with van der Waals surface area (Å²) >= 11 is 5.81. The molecule has 0 saturated heterocycles. The zero-order chi connectivity index (χ0) is 12.6. The van der Waals surface area contributed by atoms with E-state index in [-0.39, 0.29) is 16.2 Å². The highest BCUT2D eigenvalue weighted by Crippen LogP contribution is 2.49. The molecule has 0 amide bonds. The lowest BCUT2D eigenvalue weighted by molar-refractivity contribution is 0.239. The van der Waals surface area contributed by atoms with Gasteiger partial charge in [0, 0.05) is 17.5 Å². The molecule has 1 aromatic carbocycles. The summed E-state index contributed by atoms with van der Waals surface area (Å²) in [6.07, 6.45) is 2.83. The highest BCUT2D eigenvalue weighted by molar-refractivity contribution is 6.32. The van der Waals surface area contributed by atoms with Gasteiger partial charge >= 0.3 is 0 Å². The lowest BCUT2D eigenvalue weighted by atomic mass is 9.64. The van der Waals surface area contributed by atoms with Crippen molar-refractivity contribution in [2.24, 2.45) is 5.73 Å². The number of halogens is 2. The van der Waals surface area contributed by atoms with Crippen molar-refractivity contribution in [3.05, 3.63) is 22.5 Å². The molecule has 0 aromatic heterocycles. The van der Waals surface area contributed by atoms with Crippen molar-refractivity contribution in [3.8, 4) is 11.5 Å². The number of hydrogen-bond acceptors (Lipinski definition) is 3. The predicted molar refractivity (Wildman–Crippen MR) is 64.2 cm³/mol. The van der Waals surface area contributed by atoms with Crippen LogP contribution in [-0.4, -0.2) is 18.8 Å². The van der Waals surface area contributed by atoms with Gasteiger partial charge in [0.15, 0.2) is 11.5 Å². The molecule has 0 aliphatic heterocycles. The molecule has 1 fully saturated rings. The molecule has 0 heterocycles. The summed E-state index contributed by atoms with van der Waals surface area (Å²) < 4.78 is 18.9. The van der Waals surface area contributed by atoms with E-state index in [1.54, 1.807) is 6.07 Å². The Morgan fingerprint density at radius 3 is 2.65 bits per heavy atom. The number of rotatable bonds is 3. The Morgan fingerprint density at radius 2 is 2.24 bits per heavy atom. The maximum absolute atomic E-state index is 13.9. The monoisotopic (exact) mass is 259 g/mol. The minimum absolute atomic E-state index is 0.00183. The van der Waals surface area contributed by atoms with Crippen LogP contribution >= 0.6 is 11.6 Å². The van der Waals surface area contributed by atoms with Crippen molar-refractivity contribution in [1.82, 2.24) is 0 Å². The van der Waals surface area contributed by atoms with Gasteiger partial charge in [0.05, 0.1) is 12.1 Å². The number of aromatic hydroxyl groups is 1. The first-order valence-corrected chi connectivity index (χ1v) is 5.89. The molecular weight excluding hydrogens is 245 g/mol. The third kappa shape index (κ3) is 1.76. The lowest BCUT2D eigenvalue weighted by Gasteiger charge is -2.42. The third-order valence-corrected chi connectivity index (χ3v) is 3.91. The second kappa shape index (κ2) is 4.35. The summed E-state index contributed by atoms with van der Waals surface area (Å²) in [6.45, 7) is 0.421. The Balaban J connectivity index is 2.60. The maximum atomic E-state index is 13.9. The second-order valence-electron chi connectivity index (χ2n) is 4.44. The van der Waals surface area contributed by atoms with Gasteiger partial charge in [0.2, 0.25) is 5.82 Å². The van der Waals surface area contributed by atoms with E-state index < -0.39 is 11.6 Å². The molecule has 1 aromatic rings. The molecule has 0 unspecified atom stereocenters. The van der Waals surface area contributed by atoms with E-state index in [0.717, 1.165) is 19.3 Å². The number of methoxy groups -OCH3 is 1. The van der Waals surface area contributed by atoms with E-state index >= 15 is 0 Å². The fraction of sp³-hybridized carbons (Fsp3) is 0.500. The molecule has 2 rings (SSSR count). The first-order valence-electron chi connectivity index (χ1n) is 5.51. The quantitative estimate of drug-likeness (QED) is 0.877. The van der Waals surface area contributed by atoms with Crippen LogP contribution in [0, 0.1) is 5.82 Å². The van der Waals surface area contributed by atoms with Crippen molar-refractivity contribution in [1.29, 1.82) is 0 Å². The van der Waals surface area contributed by atoms with Gasteiger partial charge in [-0.15, -0.1) is 0 Å². The Labute approximate surface area is 104 Å². The number of benzene rings is 1.